The van der Waals surface area contributed by atoms with E-state index >= 15 is 0 Å². The summed E-state index contributed by atoms with van der Waals surface area (Å²) in [6.07, 6.45) is 3.53. The van der Waals surface area contributed by atoms with E-state index in [2.05, 4.69) is 40.9 Å². The second kappa shape index (κ2) is 3.48. The van der Waals surface area contributed by atoms with Gasteiger partial charge in [0.15, 0.2) is 0 Å². The fourth-order valence-corrected chi connectivity index (χ4v) is 2.83. The summed E-state index contributed by atoms with van der Waals surface area (Å²) in [7, 11) is 4.08. The van der Waals surface area contributed by atoms with Crippen molar-refractivity contribution in [2.75, 3.05) is 7.05 Å². The number of aryl methyl sites for hydroxylation is 1. The Hall–Kier alpha value is -1.57. The number of aromatic nitrogens is 1. The second-order valence-electron chi connectivity index (χ2n) is 4.42. The van der Waals surface area contributed by atoms with E-state index in [0.717, 1.165) is 6.42 Å². The van der Waals surface area contributed by atoms with E-state index in [-0.39, 0.29) is 0 Å². The van der Waals surface area contributed by atoms with Crippen LogP contribution in [0.25, 0.3) is 10.9 Å². The van der Waals surface area contributed by atoms with Crippen LogP contribution in [-0.2, 0) is 13.5 Å². The zero-order valence-corrected chi connectivity index (χ0v) is 9.83. The van der Waals surface area contributed by atoms with Gasteiger partial charge in [0.1, 0.15) is 0 Å². The Labute approximate surface area is 95.6 Å². The maximum absolute atomic E-state index is 4.46. The zero-order chi connectivity index (χ0) is 11.1. The Kier molecular flexibility index (Phi) is 2.10. The van der Waals surface area contributed by atoms with Crippen molar-refractivity contribution in [2.45, 2.75) is 19.3 Å². The standard InChI is InChI=1S/C14H16N2/c1-15-11-7-5-9-13-14(11)10-6-3-4-8-12(10)16(13)2/h3-4,6,8H,5,7,9H2,1-2H3/b15-11+. The first kappa shape index (κ1) is 9.64. The lowest BCUT2D eigenvalue weighted by Crippen LogP contribution is -2.12. The zero-order valence-electron chi connectivity index (χ0n) is 9.83. The van der Waals surface area contributed by atoms with Crippen molar-refractivity contribution in [3.63, 3.8) is 0 Å². The third kappa shape index (κ3) is 1.16. The normalized spacial score (nSPS) is 18.0. The smallest absolute Gasteiger partial charge is 0.0486 e. The van der Waals surface area contributed by atoms with Crippen LogP contribution in [0.3, 0.4) is 0 Å². The quantitative estimate of drug-likeness (QED) is 0.639. The van der Waals surface area contributed by atoms with Crippen LogP contribution in [0.1, 0.15) is 24.1 Å². The molecule has 1 aliphatic carbocycles. The summed E-state index contributed by atoms with van der Waals surface area (Å²) in [5.74, 6) is 0. The average Bonchev–Trinajstić information content (AvgIpc) is 2.64. The molecule has 0 saturated heterocycles. The number of aliphatic imine (C=N–C) groups is 1. The summed E-state index contributed by atoms with van der Waals surface area (Å²) in [6, 6.07) is 8.63. The SMILES string of the molecule is C/N=C1\CCCc2c1c1ccccc1n2C. The van der Waals surface area contributed by atoms with E-state index in [0.29, 0.717) is 0 Å². The Balaban J connectivity index is 2.43. The molecule has 0 unspecified atom stereocenters. The summed E-state index contributed by atoms with van der Waals surface area (Å²) in [4.78, 5) is 4.46. The van der Waals surface area contributed by atoms with Gasteiger partial charge in [0.25, 0.3) is 0 Å². The van der Waals surface area contributed by atoms with Crippen molar-refractivity contribution in [1.82, 2.24) is 4.57 Å². The van der Waals surface area contributed by atoms with Gasteiger partial charge in [0.2, 0.25) is 0 Å². The van der Waals surface area contributed by atoms with Crippen molar-refractivity contribution in [3.05, 3.63) is 35.5 Å². The molecule has 0 radical (unpaired) electrons. The molecule has 2 nitrogen and oxygen atoms in total. The number of benzene rings is 1. The number of rotatable bonds is 0. The molecule has 3 rings (SSSR count). The van der Waals surface area contributed by atoms with Crippen molar-refractivity contribution >= 4 is 16.6 Å². The number of fused-ring (bicyclic) bond motifs is 3. The van der Waals surface area contributed by atoms with Crippen molar-refractivity contribution in [1.29, 1.82) is 0 Å². The van der Waals surface area contributed by atoms with E-state index in [1.54, 1.807) is 0 Å². The van der Waals surface area contributed by atoms with Crippen LogP contribution >= 0.6 is 0 Å². The predicted molar refractivity (Wildman–Crippen MR) is 68.3 cm³/mol. The maximum Gasteiger partial charge on any atom is 0.0486 e. The van der Waals surface area contributed by atoms with Crippen LogP contribution in [0.4, 0.5) is 0 Å². The summed E-state index contributed by atoms with van der Waals surface area (Å²) in [5, 5.41) is 1.36. The number of hydrogen-bond donors (Lipinski definition) is 0. The summed E-state index contributed by atoms with van der Waals surface area (Å²) in [6.45, 7) is 0. The van der Waals surface area contributed by atoms with Crippen LogP contribution in [0.5, 0.6) is 0 Å². The topological polar surface area (TPSA) is 17.3 Å². The van der Waals surface area contributed by atoms with Crippen molar-refractivity contribution in [2.24, 2.45) is 12.0 Å². The van der Waals surface area contributed by atoms with Gasteiger partial charge in [-0.05, 0) is 25.3 Å². The first-order chi connectivity index (χ1) is 7.83. The highest BCUT2D eigenvalue weighted by Gasteiger charge is 2.22. The third-order valence-electron chi connectivity index (χ3n) is 3.61. The molecule has 0 amide bonds. The molecule has 0 spiro atoms. The molecule has 82 valence electrons. The van der Waals surface area contributed by atoms with Crippen LogP contribution < -0.4 is 0 Å². The Morgan fingerprint density at radius 1 is 1.19 bits per heavy atom. The second-order valence-corrected chi connectivity index (χ2v) is 4.42. The molecular formula is C14H16N2. The van der Waals surface area contributed by atoms with Crippen LogP contribution in [0.2, 0.25) is 0 Å². The minimum atomic E-state index is 1.12. The molecule has 1 aliphatic rings. The molecule has 0 fully saturated rings. The van der Waals surface area contributed by atoms with Gasteiger partial charge in [-0.15, -0.1) is 0 Å². The van der Waals surface area contributed by atoms with E-state index in [1.165, 1.54) is 40.7 Å². The highest BCUT2D eigenvalue weighted by atomic mass is 15.0. The van der Waals surface area contributed by atoms with Gasteiger partial charge in [-0.2, -0.15) is 0 Å². The van der Waals surface area contributed by atoms with Crippen LogP contribution in [-0.4, -0.2) is 17.3 Å². The molecular weight excluding hydrogens is 196 g/mol. The van der Waals surface area contributed by atoms with E-state index in [9.17, 15) is 0 Å². The first-order valence-corrected chi connectivity index (χ1v) is 5.85. The molecule has 0 aliphatic heterocycles. The summed E-state index contributed by atoms with van der Waals surface area (Å²) in [5.41, 5.74) is 5.45. The fourth-order valence-electron chi connectivity index (χ4n) is 2.83. The van der Waals surface area contributed by atoms with Gasteiger partial charge < -0.3 is 4.57 Å². The average molecular weight is 212 g/mol. The van der Waals surface area contributed by atoms with Crippen LogP contribution in [0.15, 0.2) is 29.3 Å². The maximum atomic E-state index is 4.46. The lowest BCUT2D eigenvalue weighted by molar-refractivity contribution is 0.760. The van der Waals surface area contributed by atoms with Gasteiger partial charge in [-0.3, -0.25) is 4.99 Å². The van der Waals surface area contributed by atoms with E-state index in [4.69, 9.17) is 0 Å². The predicted octanol–water partition coefficient (Wildman–Crippen LogP) is 2.93. The molecule has 0 N–H and O–H groups in total. The van der Waals surface area contributed by atoms with Gasteiger partial charge >= 0.3 is 0 Å². The summed E-state index contributed by atoms with van der Waals surface area (Å²) >= 11 is 0. The highest BCUT2D eigenvalue weighted by molar-refractivity contribution is 6.12. The van der Waals surface area contributed by atoms with E-state index < -0.39 is 0 Å². The minimum Gasteiger partial charge on any atom is -0.347 e. The largest absolute Gasteiger partial charge is 0.347 e. The molecule has 1 aromatic heterocycles. The molecule has 0 saturated carbocycles. The Bertz CT molecular complexity index is 576. The molecule has 1 aromatic carbocycles. The van der Waals surface area contributed by atoms with Gasteiger partial charge in [0, 0.05) is 42.0 Å². The molecule has 0 atom stereocenters. The van der Waals surface area contributed by atoms with Crippen molar-refractivity contribution in [3.8, 4) is 0 Å². The van der Waals surface area contributed by atoms with Crippen LogP contribution in [0, 0.1) is 0 Å². The van der Waals surface area contributed by atoms with Crippen molar-refractivity contribution < 1.29 is 0 Å². The van der Waals surface area contributed by atoms with E-state index in [1.807, 2.05) is 7.05 Å². The lowest BCUT2D eigenvalue weighted by atomic mass is 9.93. The molecule has 2 aromatic rings. The summed E-state index contributed by atoms with van der Waals surface area (Å²) < 4.78 is 2.33. The highest BCUT2D eigenvalue weighted by Crippen LogP contribution is 2.31. The van der Waals surface area contributed by atoms with Gasteiger partial charge in [0.05, 0.1) is 0 Å². The third-order valence-corrected chi connectivity index (χ3v) is 3.61. The monoisotopic (exact) mass is 212 g/mol. The molecule has 0 bridgehead atoms. The van der Waals surface area contributed by atoms with Gasteiger partial charge in [-0.1, -0.05) is 18.2 Å². The fraction of sp³-hybridized carbons (Fsp3) is 0.357. The Morgan fingerprint density at radius 3 is 2.81 bits per heavy atom. The molecule has 1 heterocycles. The minimum absolute atomic E-state index is 1.12. The number of hydrogen-bond acceptors (Lipinski definition) is 1. The molecule has 16 heavy (non-hydrogen) atoms. The van der Waals surface area contributed by atoms with Gasteiger partial charge in [-0.25, -0.2) is 0 Å². The molecule has 2 heteroatoms. The first-order valence-electron chi connectivity index (χ1n) is 5.85. The number of para-hydroxylation sites is 1. The number of nitrogens with zero attached hydrogens (tertiary/aromatic N) is 2. The lowest BCUT2D eigenvalue weighted by Gasteiger charge is -2.15. The Morgan fingerprint density at radius 2 is 2.00 bits per heavy atom.